The number of carbonyl (C=O) groups is 2. The van der Waals surface area contributed by atoms with Gasteiger partial charge in [0.15, 0.2) is 0 Å². The Labute approximate surface area is 197 Å². The number of anilines is 2. The summed E-state index contributed by atoms with van der Waals surface area (Å²) in [6.45, 7) is 1.65. The van der Waals surface area contributed by atoms with E-state index in [0.29, 0.717) is 17.0 Å². The van der Waals surface area contributed by atoms with E-state index in [1.807, 2.05) is 0 Å². The van der Waals surface area contributed by atoms with Crippen LogP contribution in [0.5, 0.6) is 5.75 Å². The molecular weight excluding hydrogens is 463 g/mol. The van der Waals surface area contributed by atoms with Crippen molar-refractivity contribution < 1.29 is 31.9 Å². The Balaban J connectivity index is 1.94. The van der Waals surface area contributed by atoms with Crippen LogP contribution in [0.4, 0.5) is 15.8 Å². The summed E-state index contributed by atoms with van der Waals surface area (Å²) in [6.07, 6.45) is 0. The first kappa shape index (κ1) is 24.7. The second kappa shape index (κ2) is 9.92. The highest BCUT2D eigenvalue weighted by Gasteiger charge is 2.25. The number of hydrogen-bond donors (Lipinski definition) is 1. The van der Waals surface area contributed by atoms with Gasteiger partial charge in [-0.3, -0.25) is 9.10 Å². The van der Waals surface area contributed by atoms with Crippen LogP contribution in [0.25, 0.3) is 0 Å². The molecule has 0 aromatic heterocycles. The SMILES string of the molecule is COC(=O)c1cc(NC(=O)c2cc(S(=O)(=O)N(C)c3ccccc3OC)ccc2C)ccc1F. The van der Waals surface area contributed by atoms with Crippen molar-refractivity contribution in [3.8, 4) is 5.75 Å². The highest BCUT2D eigenvalue weighted by atomic mass is 32.2. The lowest BCUT2D eigenvalue weighted by Crippen LogP contribution is -2.27. The second-order valence-corrected chi connectivity index (χ2v) is 9.23. The van der Waals surface area contributed by atoms with Gasteiger partial charge in [-0.15, -0.1) is 0 Å². The Morgan fingerprint density at radius 3 is 2.35 bits per heavy atom. The van der Waals surface area contributed by atoms with Gasteiger partial charge in [0.1, 0.15) is 11.6 Å². The number of amides is 1. The lowest BCUT2D eigenvalue weighted by Gasteiger charge is -2.22. The highest BCUT2D eigenvalue weighted by Crippen LogP contribution is 2.31. The minimum absolute atomic E-state index is 0.0958. The summed E-state index contributed by atoms with van der Waals surface area (Å²) in [4.78, 5) is 24.6. The molecule has 0 bridgehead atoms. The first-order valence-electron chi connectivity index (χ1n) is 10.0. The minimum atomic E-state index is -4.03. The van der Waals surface area contributed by atoms with Gasteiger partial charge in [-0.1, -0.05) is 18.2 Å². The Morgan fingerprint density at radius 1 is 0.971 bits per heavy atom. The molecule has 0 unspecified atom stereocenters. The lowest BCUT2D eigenvalue weighted by molar-refractivity contribution is 0.0595. The Morgan fingerprint density at radius 2 is 1.68 bits per heavy atom. The van der Waals surface area contributed by atoms with Gasteiger partial charge in [0.25, 0.3) is 15.9 Å². The van der Waals surface area contributed by atoms with Gasteiger partial charge in [-0.25, -0.2) is 17.6 Å². The van der Waals surface area contributed by atoms with E-state index in [4.69, 9.17) is 4.74 Å². The zero-order chi connectivity index (χ0) is 25.0. The summed E-state index contributed by atoms with van der Waals surface area (Å²) in [5.41, 5.74) is 0.751. The van der Waals surface area contributed by atoms with Crippen LogP contribution in [-0.2, 0) is 14.8 Å². The molecule has 0 spiro atoms. The average Bonchev–Trinajstić information content (AvgIpc) is 2.84. The third-order valence-corrected chi connectivity index (χ3v) is 6.93. The van der Waals surface area contributed by atoms with Crippen molar-refractivity contribution in [2.75, 3.05) is 30.9 Å². The number of carbonyl (C=O) groups excluding carboxylic acids is 2. The molecule has 3 aromatic rings. The van der Waals surface area contributed by atoms with Gasteiger partial charge in [-0.2, -0.15) is 0 Å². The van der Waals surface area contributed by atoms with Gasteiger partial charge in [0, 0.05) is 18.3 Å². The van der Waals surface area contributed by atoms with Crippen LogP contribution in [0.2, 0.25) is 0 Å². The minimum Gasteiger partial charge on any atom is -0.495 e. The van der Waals surface area contributed by atoms with E-state index >= 15 is 0 Å². The van der Waals surface area contributed by atoms with Crippen LogP contribution in [-0.4, -0.2) is 41.6 Å². The fourth-order valence-electron chi connectivity index (χ4n) is 3.25. The Hall–Kier alpha value is -3.92. The molecule has 0 aliphatic carbocycles. The summed E-state index contributed by atoms with van der Waals surface area (Å²) in [7, 11) is -0.0915. The normalized spacial score (nSPS) is 11.0. The number of hydrogen-bond acceptors (Lipinski definition) is 6. The molecule has 0 aliphatic rings. The molecule has 0 heterocycles. The van der Waals surface area contributed by atoms with Crippen LogP contribution in [0.1, 0.15) is 26.3 Å². The molecule has 0 atom stereocenters. The number of rotatable bonds is 7. The lowest BCUT2D eigenvalue weighted by atomic mass is 10.1. The Bertz CT molecular complexity index is 1360. The predicted molar refractivity (Wildman–Crippen MR) is 125 cm³/mol. The number of ether oxygens (including phenoxy) is 2. The van der Waals surface area contributed by atoms with Crippen LogP contribution >= 0.6 is 0 Å². The molecule has 34 heavy (non-hydrogen) atoms. The number of aryl methyl sites for hydroxylation is 1. The third-order valence-electron chi connectivity index (χ3n) is 5.17. The summed E-state index contributed by atoms with van der Waals surface area (Å²) in [5.74, 6) is -1.95. The summed E-state index contributed by atoms with van der Waals surface area (Å²) < 4.78 is 51.3. The standard InChI is InChI=1S/C24H23FN2O6S/c1-15-9-11-17(34(30,31)27(2)21-7-5-6-8-22(21)32-3)14-18(15)23(28)26-16-10-12-20(25)19(13-16)24(29)33-4/h5-14H,1-4H3,(H,26,28). The quantitative estimate of drug-likeness (QED) is 0.507. The molecule has 1 amide bonds. The third kappa shape index (κ3) is 4.86. The monoisotopic (exact) mass is 486 g/mol. The molecular formula is C24H23FN2O6S. The summed E-state index contributed by atoms with van der Waals surface area (Å²) in [6, 6.07) is 14.3. The van der Waals surface area contributed by atoms with Crippen LogP contribution in [0.3, 0.4) is 0 Å². The van der Waals surface area contributed by atoms with Gasteiger partial charge >= 0.3 is 5.97 Å². The van der Waals surface area contributed by atoms with Crippen molar-refractivity contribution in [3.05, 3.63) is 83.2 Å². The molecule has 178 valence electrons. The van der Waals surface area contributed by atoms with E-state index in [-0.39, 0.29) is 21.7 Å². The first-order chi connectivity index (χ1) is 16.1. The molecule has 0 saturated carbocycles. The molecule has 1 N–H and O–H groups in total. The fourth-order valence-corrected chi connectivity index (χ4v) is 4.48. The van der Waals surface area contributed by atoms with Gasteiger partial charge < -0.3 is 14.8 Å². The fraction of sp³-hybridized carbons (Fsp3) is 0.167. The maximum absolute atomic E-state index is 13.9. The number of benzene rings is 3. The van der Waals surface area contributed by atoms with Gasteiger partial charge in [0.05, 0.1) is 30.4 Å². The second-order valence-electron chi connectivity index (χ2n) is 7.26. The van der Waals surface area contributed by atoms with Crippen molar-refractivity contribution in [1.82, 2.24) is 0 Å². The number of sulfonamides is 1. The molecule has 0 fully saturated rings. The molecule has 3 rings (SSSR count). The molecule has 0 saturated heterocycles. The highest BCUT2D eigenvalue weighted by molar-refractivity contribution is 7.92. The average molecular weight is 487 g/mol. The van der Waals surface area contributed by atoms with Crippen molar-refractivity contribution in [2.24, 2.45) is 0 Å². The van der Waals surface area contributed by atoms with Gasteiger partial charge in [-0.05, 0) is 55.0 Å². The maximum atomic E-state index is 13.9. The van der Waals surface area contributed by atoms with Crippen LogP contribution in [0.15, 0.2) is 65.6 Å². The molecule has 10 heteroatoms. The van der Waals surface area contributed by atoms with Crippen LogP contribution < -0.4 is 14.4 Å². The van der Waals surface area contributed by atoms with E-state index < -0.39 is 27.7 Å². The largest absolute Gasteiger partial charge is 0.495 e. The number of nitrogens with zero attached hydrogens (tertiary/aromatic N) is 1. The van der Waals surface area contributed by atoms with Crippen LogP contribution in [0, 0.1) is 12.7 Å². The van der Waals surface area contributed by atoms with Crippen molar-refractivity contribution in [1.29, 1.82) is 0 Å². The molecule has 0 radical (unpaired) electrons. The van der Waals surface area contributed by atoms with E-state index in [1.54, 1.807) is 31.2 Å². The molecule has 3 aromatic carbocycles. The zero-order valence-electron chi connectivity index (χ0n) is 19.0. The molecule has 8 nitrogen and oxygen atoms in total. The topological polar surface area (TPSA) is 102 Å². The smallest absolute Gasteiger partial charge is 0.340 e. The predicted octanol–water partition coefficient (Wildman–Crippen LogP) is 4.01. The van der Waals surface area contributed by atoms with Crippen molar-refractivity contribution in [3.63, 3.8) is 0 Å². The van der Waals surface area contributed by atoms with E-state index in [9.17, 15) is 22.4 Å². The molecule has 0 aliphatic heterocycles. The number of nitrogens with one attached hydrogen (secondary N) is 1. The first-order valence-corrected chi connectivity index (χ1v) is 11.5. The maximum Gasteiger partial charge on any atom is 0.340 e. The number of esters is 1. The number of methoxy groups -OCH3 is 2. The Kier molecular flexibility index (Phi) is 7.21. The summed E-state index contributed by atoms with van der Waals surface area (Å²) >= 11 is 0. The van der Waals surface area contributed by atoms with E-state index in [1.165, 1.54) is 38.4 Å². The van der Waals surface area contributed by atoms with E-state index in [2.05, 4.69) is 10.1 Å². The van der Waals surface area contributed by atoms with Crippen molar-refractivity contribution in [2.45, 2.75) is 11.8 Å². The number of halogens is 1. The van der Waals surface area contributed by atoms with Crippen molar-refractivity contribution >= 4 is 33.3 Å². The van der Waals surface area contributed by atoms with Gasteiger partial charge in [0.2, 0.25) is 0 Å². The van der Waals surface area contributed by atoms with E-state index in [0.717, 1.165) is 23.5 Å². The number of para-hydroxylation sites is 2. The zero-order valence-corrected chi connectivity index (χ0v) is 19.8. The summed E-state index contributed by atoms with van der Waals surface area (Å²) in [5, 5.41) is 2.56.